The standard InChI is InChI=1S/C22H44O/c1-4-5-6-7-8-9-10-11-12-13-14-15-16-17-18-19-20-21-23-22(2)3/h2,4-21H2,1,3H3. The van der Waals surface area contributed by atoms with E-state index < -0.39 is 0 Å². The van der Waals surface area contributed by atoms with Crippen molar-refractivity contribution < 1.29 is 4.74 Å². The van der Waals surface area contributed by atoms with Crippen LogP contribution in [0.4, 0.5) is 0 Å². The van der Waals surface area contributed by atoms with E-state index in [9.17, 15) is 0 Å². The van der Waals surface area contributed by atoms with Crippen molar-refractivity contribution in [3.63, 3.8) is 0 Å². The summed E-state index contributed by atoms with van der Waals surface area (Å²) in [4.78, 5) is 0. The molecule has 0 rings (SSSR count). The average molecular weight is 325 g/mol. The summed E-state index contributed by atoms with van der Waals surface area (Å²) in [6.07, 6.45) is 24.1. The van der Waals surface area contributed by atoms with E-state index in [4.69, 9.17) is 4.74 Å². The second-order valence-electron chi connectivity index (χ2n) is 7.21. The molecule has 0 unspecified atom stereocenters. The number of allylic oxidation sites excluding steroid dienone is 1. The van der Waals surface area contributed by atoms with Gasteiger partial charge in [0.2, 0.25) is 0 Å². The molecule has 0 atom stereocenters. The van der Waals surface area contributed by atoms with Crippen LogP contribution in [-0.2, 0) is 4.74 Å². The molecule has 138 valence electrons. The Kier molecular flexibility index (Phi) is 19.2. The minimum Gasteiger partial charge on any atom is -0.499 e. The van der Waals surface area contributed by atoms with E-state index in [-0.39, 0.29) is 0 Å². The van der Waals surface area contributed by atoms with E-state index in [1.807, 2.05) is 6.92 Å². The highest BCUT2D eigenvalue weighted by atomic mass is 16.5. The third-order valence-corrected chi connectivity index (χ3v) is 4.60. The van der Waals surface area contributed by atoms with Gasteiger partial charge in [-0.3, -0.25) is 0 Å². The molecule has 1 heteroatoms. The number of hydrogen-bond acceptors (Lipinski definition) is 1. The zero-order chi connectivity index (χ0) is 17.0. The van der Waals surface area contributed by atoms with Gasteiger partial charge in [-0.1, -0.05) is 116 Å². The van der Waals surface area contributed by atoms with Crippen molar-refractivity contribution in [2.75, 3.05) is 6.61 Å². The van der Waals surface area contributed by atoms with Crippen LogP contribution in [-0.4, -0.2) is 6.61 Å². The van der Waals surface area contributed by atoms with Crippen molar-refractivity contribution in [1.82, 2.24) is 0 Å². The van der Waals surface area contributed by atoms with Crippen LogP contribution in [0.5, 0.6) is 0 Å². The van der Waals surface area contributed by atoms with Crippen LogP contribution in [0.3, 0.4) is 0 Å². The fraction of sp³-hybridized carbons (Fsp3) is 0.909. The van der Waals surface area contributed by atoms with Crippen molar-refractivity contribution in [3.8, 4) is 0 Å². The van der Waals surface area contributed by atoms with Crippen LogP contribution < -0.4 is 0 Å². The molecule has 0 aromatic heterocycles. The molecule has 0 aliphatic heterocycles. The largest absolute Gasteiger partial charge is 0.499 e. The number of hydrogen-bond donors (Lipinski definition) is 0. The summed E-state index contributed by atoms with van der Waals surface area (Å²) in [5.41, 5.74) is 0. The first-order valence-corrected chi connectivity index (χ1v) is 10.6. The van der Waals surface area contributed by atoms with Crippen LogP contribution in [0.15, 0.2) is 12.3 Å². The Balaban J connectivity index is 2.96. The van der Waals surface area contributed by atoms with Crippen LogP contribution in [0, 0.1) is 0 Å². The van der Waals surface area contributed by atoms with Crippen molar-refractivity contribution in [3.05, 3.63) is 12.3 Å². The van der Waals surface area contributed by atoms with Crippen molar-refractivity contribution in [2.24, 2.45) is 0 Å². The zero-order valence-corrected chi connectivity index (χ0v) is 16.3. The lowest BCUT2D eigenvalue weighted by Gasteiger charge is -2.05. The molecule has 1 nitrogen and oxygen atoms in total. The molecule has 23 heavy (non-hydrogen) atoms. The maximum Gasteiger partial charge on any atom is 0.0876 e. The van der Waals surface area contributed by atoms with Crippen LogP contribution in [0.1, 0.15) is 123 Å². The van der Waals surface area contributed by atoms with Crippen LogP contribution in [0.25, 0.3) is 0 Å². The van der Waals surface area contributed by atoms with E-state index >= 15 is 0 Å². The molecule has 0 saturated heterocycles. The molecular formula is C22H44O. The van der Waals surface area contributed by atoms with E-state index in [0.29, 0.717) is 0 Å². The van der Waals surface area contributed by atoms with Gasteiger partial charge < -0.3 is 4.74 Å². The quantitative estimate of drug-likeness (QED) is 0.172. The van der Waals surface area contributed by atoms with Gasteiger partial charge in [-0.25, -0.2) is 0 Å². The van der Waals surface area contributed by atoms with Crippen LogP contribution in [0.2, 0.25) is 0 Å². The minimum atomic E-state index is 0.849. The fourth-order valence-corrected chi connectivity index (χ4v) is 3.07. The fourth-order valence-electron chi connectivity index (χ4n) is 3.07. The van der Waals surface area contributed by atoms with Gasteiger partial charge >= 0.3 is 0 Å². The summed E-state index contributed by atoms with van der Waals surface area (Å²) < 4.78 is 5.37. The minimum absolute atomic E-state index is 0.849. The first-order valence-electron chi connectivity index (χ1n) is 10.6. The molecule has 0 aromatic rings. The topological polar surface area (TPSA) is 9.23 Å². The first kappa shape index (κ1) is 22.5. The third-order valence-electron chi connectivity index (χ3n) is 4.60. The van der Waals surface area contributed by atoms with Gasteiger partial charge in [0.1, 0.15) is 0 Å². The number of rotatable bonds is 19. The molecule has 0 spiro atoms. The summed E-state index contributed by atoms with van der Waals surface area (Å²) in [7, 11) is 0. The van der Waals surface area contributed by atoms with Gasteiger partial charge in [0.25, 0.3) is 0 Å². The third kappa shape index (κ3) is 21.5. The normalized spacial score (nSPS) is 10.9. The molecule has 0 heterocycles. The highest BCUT2D eigenvalue weighted by Crippen LogP contribution is 2.14. The van der Waals surface area contributed by atoms with Gasteiger partial charge in [0.05, 0.1) is 12.4 Å². The molecule has 0 N–H and O–H groups in total. The summed E-state index contributed by atoms with van der Waals surface area (Å²) >= 11 is 0. The second-order valence-corrected chi connectivity index (χ2v) is 7.21. The Hall–Kier alpha value is -0.460. The molecule has 0 saturated carbocycles. The summed E-state index contributed by atoms with van der Waals surface area (Å²) in [5, 5.41) is 0. The van der Waals surface area contributed by atoms with Crippen LogP contribution >= 0.6 is 0 Å². The van der Waals surface area contributed by atoms with E-state index in [1.165, 1.54) is 109 Å². The molecule has 0 fully saturated rings. The molecule has 0 aliphatic carbocycles. The second kappa shape index (κ2) is 19.6. The van der Waals surface area contributed by atoms with Gasteiger partial charge in [-0.05, 0) is 13.3 Å². The summed E-state index contributed by atoms with van der Waals surface area (Å²) in [5.74, 6) is 0.849. The smallest absolute Gasteiger partial charge is 0.0876 e. The molecule has 0 aliphatic rings. The maximum atomic E-state index is 5.37. The van der Waals surface area contributed by atoms with E-state index in [0.717, 1.165) is 12.4 Å². The Morgan fingerprint density at radius 2 is 0.870 bits per heavy atom. The Morgan fingerprint density at radius 1 is 0.565 bits per heavy atom. The Labute approximate surface area is 147 Å². The highest BCUT2D eigenvalue weighted by molar-refractivity contribution is 4.73. The highest BCUT2D eigenvalue weighted by Gasteiger charge is 1.95. The Morgan fingerprint density at radius 3 is 1.17 bits per heavy atom. The average Bonchev–Trinajstić information content (AvgIpc) is 2.53. The summed E-state index contributed by atoms with van der Waals surface area (Å²) in [6.45, 7) is 8.82. The van der Waals surface area contributed by atoms with Gasteiger partial charge in [0, 0.05) is 0 Å². The van der Waals surface area contributed by atoms with Gasteiger partial charge in [-0.15, -0.1) is 0 Å². The maximum absolute atomic E-state index is 5.37. The van der Waals surface area contributed by atoms with Crippen molar-refractivity contribution in [1.29, 1.82) is 0 Å². The molecule has 0 radical (unpaired) electrons. The molecule has 0 amide bonds. The Bertz CT molecular complexity index is 234. The molecule has 0 aromatic carbocycles. The monoisotopic (exact) mass is 324 g/mol. The van der Waals surface area contributed by atoms with E-state index in [2.05, 4.69) is 13.5 Å². The molecular weight excluding hydrogens is 280 g/mol. The van der Waals surface area contributed by atoms with E-state index in [1.54, 1.807) is 0 Å². The lowest BCUT2D eigenvalue weighted by atomic mass is 10.0. The summed E-state index contributed by atoms with van der Waals surface area (Å²) in [6, 6.07) is 0. The predicted molar refractivity (Wildman–Crippen MR) is 105 cm³/mol. The first-order chi connectivity index (χ1) is 11.3. The lowest BCUT2D eigenvalue weighted by molar-refractivity contribution is 0.208. The predicted octanol–water partition coefficient (Wildman–Crippen LogP) is 8.19. The van der Waals surface area contributed by atoms with Crippen molar-refractivity contribution >= 4 is 0 Å². The van der Waals surface area contributed by atoms with Crippen molar-refractivity contribution in [2.45, 2.75) is 123 Å². The lowest BCUT2D eigenvalue weighted by Crippen LogP contribution is -1.91. The zero-order valence-electron chi connectivity index (χ0n) is 16.3. The van der Waals surface area contributed by atoms with Gasteiger partial charge in [-0.2, -0.15) is 0 Å². The van der Waals surface area contributed by atoms with Gasteiger partial charge in [0.15, 0.2) is 0 Å². The molecule has 0 bridgehead atoms. The number of ether oxygens (including phenoxy) is 1. The SMILES string of the molecule is C=C(C)OCCCCCCCCCCCCCCCCCCC. The number of unbranched alkanes of at least 4 members (excludes halogenated alkanes) is 16.